The molecule has 7 heteroatoms. The quantitative estimate of drug-likeness (QED) is 0.856. The molecule has 0 aromatic carbocycles. The lowest BCUT2D eigenvalue weighted by Gasteiger charge is -2.28. The van der Waals surface area contributed by atoms with Crippen LogP contribution in [-0.2, 0) is 10.3 Å². The van der Waals surface area contributed by atoms with Crippen molar-refractivity contribution in [3.8, 4) is 6.07 Å². The molecule has 2 N–H and O–H groups in total. The standard InChI is InChI=1S/C16H23N5O2/c1-12-19-14(21-23-12)16(8-4-5-9-16)18-10-13(22)20-15(11-17)6-2-3-7-15/h18H,2-10H2,1H3,(H,20,22). The molecule has 0 unspecified atom stereocenters. The average molecular weight is 317 g/mol. The second-order valence-corrected chi connectivity index (χ2v) is 6.73. The smallest absolute Gasteiger partial charge is 0.235 e. The van der Waals surface area contributed by atoms with Crippen molar-refractivity contribution in [1.29, 1.82) is 5.26 Å². The fourth-order valence-corrected chi connectivity index (χ4v) is 3.76. The fraction of sp³-hybridized carbons (Fsp3) is 0.750. The summed E-state index contributed by atoms with van der Waals surface area (Å²) in [6.45, 7) is 1.93. The third kappa shape index (κ3) is 3.22. The number of amides is 1. The first kappa shape index (κ1) is 15.9. The molecule has 2 aliphatic rings. The van der Waals surface area contributed by atoms with E-state index in [0.717, 1.165) is 51.4 Å². The van der Waals surface area contributed by atoms with E-state index in [4.69, 9.17) is 4.52 Å². The molecule has 124 valence electrons. The van der Waals surface area contributed by atoms with Gasteiger partial charge in [-0.3, -0.25) is 10.1 Å². The summed E-state index contributed by atoms with van der Waals surface area (Å²) in [7, 11) is 0. The molecule has 0 spiro atoms. The highest BCUT2D eigenvalue weighted by atomic mass is 16.5. The molecule has 7 nitrogen and oxygen atoms in total. The molecule has 0 atom stereocenters. The Labute approximate surface area is 135 Å². The van der Waals surface area contributed by atoms with Crippen molar-refractivity contribution < 1.29 is 9.32 Å². The second kappa shape index (κ2) is 6.28. The van der Waals surface area contributed by atoms with Crippen LogP contribution in [0, 0.1) is 18.3 Å². The summed E-state index contributed by atoms with van der Waals surface area (Å²) in [5.41, 5.74) is -1.06. The third-order valence-electron chi connectivity index (χ3n) is 5.05. The van der Waals surface area contributed by atoms with Gasteiger partial charge >= 0.3 is 0 Å². The van der Waals surface area contributed by atoms with Gasteiger partial charge in [-0.2, -0.15) is 10.2 Å². The van der Waals surface area contributed by atoms with E-state index in [1.807, 2.05) is 0 Å². The van der Waals surface area contributed by atoms with Crippen LogP contribution in [0.4, 0.5) is 0 Å². The average Bonchev–Trinajstić information content (AvgIpc) is 3.26. The monoisotopic (exact) mass is 317 g/mol. The molecular weight excluding hydrogens is 294 g/mol. The van der Waals surface area contributed by atoms with E-state index in [1.54, 1.807) is 6.92 Å². The first-order chi connectivity index (χ1) is 11.1. The van der Waals surface area contributed by atoms with Gasteiger partial charge in [-0.1, -0.05) is 18.0 Å². The molecule has 2 aliphatic carbocycles. The summed E-state index contributed by atoms with van der Waals surface area (Å²) < 4.78 is 5.11. The Morgan fingerprint density at radius 1 is 1.26 bits per heavy atom. The van der Waals surface area contributed by atoms with Gasteiger partial charge in [0.1, 0.15) is 5.54 Å². The van der Waals surface area contributed by atoms with Crippen molar-refractivity contribution in [2.75, 3.05) is 6.54 Å². The lowest BCUT2D eigenvalue weighted by Crippen LogP contribution is -2.51. The van der Waals surface area contributed by atoms with Crippen LogP contribution < -0.4 is 10.6 Å². The van der Waals surface area contributed by atoms with Crippen LogP contribution in [0.1, 0.15) is 63.1 Å². The number of nitrogens with zero attached hydrogens (tertiary/aromatic N) is 3. The summed E-state index contributed by atoms with van der Waals surface area (Å²) in [4.78, 5) is 16.7. The molecule has 1 aromatic rings. The predicted octanol–water partition coefficient (Wildman–Crippen LogP) is 1.69. The van der Waals surface area contributed by atoms with Crippen molar-refractivity contribution in [2.24, 2.45) is 0 Å². The number of carbonyl (C=O) groups excluding carboxylic acids is 1. The highest BCUT2D eigenvalue weighted by Crippen LogP contribution is 2.37. The third-order valence-corrected chi connectivity index (χ3v) is 5.05. The molecule has 2 fully saturated rings. The molecular formula is C16H23N5O2. The highest BCUT2D eigenvalue weighted by Gasteiger charge is 2.41. The molecule has 23 heavy (non-hydrogen) atoms. The summed E-state index contributed by atoms with van der Waals surface area (Å²) in [5, 5.41) is 19.7. The molecule has 1 amide bonds. The lowest BCUT2D eigenvalue weighted by atomic mass is 9.96. The summed E-state index contributed by atoms with van der Waals surface area (Å²) in [6.07, 6.45) is 7.40. The second-order valence-electron chi connectivity index (χ2n) is 6.73. The van der Waals surface area contributed by atoms with E-state index >= 15 is 0 Å². The first-order valence-electron chi connectivity index (χ1n) is 8.36. The number of hydrogen-bond acceptors (Lipinski definition) is 6. The maximum Gasteiger partial charge on any atom is 0.235 e. The number of rotatable bonds is 5. The number of aryl methyl sites for hydroxylation is 1. The van der Waals surface area contributed by atoms with Crippen LogP contribution in [-0.4, -0.2) is 28.1 Å². The van der Waals surface area contributed by atoms with Crippen molar-refractivity contribution in [3.05, 3.63) is 11.7 Å². The van der Waals surface area contributed by atoms with Crippen LogP contribution in [0.3, 0.4) is 0 Å². The molecule has 1 aromatic heterocycles. The van der Waals surface area contributed by atoms with Crippen LogP contribution in [0.2, 0.25) is 0 Å². The summed E-state index contributed by atoms with van der Waals surface area (Å²) in [5.74, 6) is 1.03. The van der Waals surface area contributed by atoms with E-state index in [2.05, 4.69) is 26.8 Å². The van der Waals surface area contributed by atoms with Gasteiger partial charge in [0.15, 0.2) is 5.82 Å². The van der Waals surface area contributed by atoms with E-state index in [0.29, 0.717) is 11.7 Å². The number of aromatic nitrogens is 2. The van der Waals surface area contributed by atoms with Crippen molar-refractivity contribution >= 4 is 5.91 Å². The Kier molecular flexibility index (Phi) is 4.35. The van der Waals surface area contributed by atoms with Crippen LogP contribution in [0.15, 0.2) is 4.52 Å². The number of hydrogen-bond donors (Lipinski definition) is 2. The fourth-order valence-electron chi connectivity index (χ4n) is 3.76. The molecule has 0 aliphatic heterocycles. The van der Waals surface area contributed by atoms with E-state index in [9.17, 15) is 10.1 Å². The Hall–Kier alpha value is -1.94. The van der Waals surface area contributed by atoms with Gasteiger partial charge in [-0.05, 0) is 38.5 Å². The largest absolute Gasteiger partial charge is 0.340 e. The number of nitriles is 1. The lowest BCUT2D eigenvalue weighted by molar-refractivity contribution is -0.122. The number of nitrogens with one attached hydrogen (secondary N) is 2. The minimum Gasteiger partial charge on any atom is -0.340 e. The van der Waals surface area contributed by atoms with Gasteiger partial charge in [0, 0.05) is 6.92 Å². The molecule has 0 radical (unpaired) electrons. The Morgan fingerprint density at radius 2 is 1.91 bits per heavy atom. The van der Waals surface area contributed by atoms with Crippen LogP contribution >= 0.6 is 0 Å². The molecule has 3 rings (SSSR count). The SMILES string of the molecule is Cc1nc(C2(NCC(=O)NC3(C#N)CCCC3)CCCC2)no1. The van der Waals surface area contributed by atoms with Gasteiger partial charge < -0.3 is 9.84 Å². The maximum absolute atomic E-state index is 12.3. The van der Waals surface area contributed by atoms with Crippen LogP contribution in [0.25, 0.3) is 0 Å². The highest BCUT2D eigenvalue weighted by molar-refractivity contribution is 5.79. The maximum atomic E-state index is 12.3. The zero-order chi connectivity index (χ0) is 16.3. The molecule has 0 saturated heterocycles. The number of carbonyl (C=O) groups is 1. The van der Waals surface area contributed by atoms with Gasteiger partial charge in [0.05, 0.1) is 18.2 Å². The van der Waals surface area contributed by atoms with Crippen molar-refractivity contribution in [3.63, 3.8) is 0 Å². The van der Waals surface area contributed by atoms with Gasteiger partial charge in [0.25, 0.3) is 0 Å². The van der Waals surface area contributed by atoms with Crippen molar-refractivity contribution in [1.82, 2.24) is 20.8 Å². The minimum absolute atomic E-state index is 0.139. The van der Waals surface area contributed by atoms with E-state index in [1.165, 1.54) is 0 Å². The Bertz CT molecular complexity index is 606. The molecule has 2 saturated carbocycles. The first-order valence-corrected chi connectivity index (χ1v) is 8.36. The molecule has 0 bridgehead atoms. The van der Waals surface area contributed by atoms with E-state index in [-0.39, 0.29) is 18.0 Å². The van der Waals surface area contributed by atoms with E-state index < -0.39 is 5.54 Å². The Morgan fingerprint density at radius 3 is 2.48 bits per heavy atom. The normalized spacial score (nSPS) is 21.9. The Balaban J connectivity index is 1.63. The predicted molar refractivity (Wildman–Crippen MR) is 82.1 cm³/mol. The summed E-state index contributed by atoms with van der Waals surface area (Å²) in [6, 6.07) is 2.28. The van der Waals surface area contributed by atoms with Gasteiger partial charge in [0.2, 0.25) is 11.8 Å². The van der Waals surface area contributed by atoms with Gasteiger partial charge in [-0.15, -0.1) is 0 Å². The van der Waals surface area contributed by atoms with Gasteiger partial charge in [-0.25, -0.2) is 0 Å². The summed E-state index contributed by atoms with van der Waals surface area (Å²) >= 11 is 0. The molecule has 1 heterocycles. The van der Waals surface area contributed by atoms with Crippen molar-refractivity contribution in [2.45, 2.75) is 69.4 Å². The zero-order valence-electron chi connectivity index (χ0n) is 13.5. The topological polar surface area (TPSA) is 104 Å². The minimum atomic E-state index is -0.676. The van der Waals surface area contributed by atoms with Crippen LogP contribution in [0.5, 0.6) is 0 Å². The zero-order valence-corrected chi connectivity index (χ0v) is 13.5.